The maximum absolute atomic E-state index is 15.6. The Kier molecular flexibility index (Phi) is 12.6. The van der Waals surface area contributed by atoms with Crippen molar-refractivity contribution in [1.82, 2.24) is 44.4 Å². The lowest BCUT2D eigenvalue weighted by atomic mass is 9.85. The Hall–Kier alpha value is -6.05. The number of halogens is 6. The first-order valence-electron chi connectivity index (χ1n) is 23.0. The number of carbonyl (C=O) groups is 3. The molecule has 2 N–H and O–H groups in total. The molecule has 5 aromatic rings. The van der Waals surface area contributed by atoms with Crippen LogP contribution in [-0.4, -0.2) is 127 Å². The van der Waals surface area contributed by atoms with Crippen LogP contribution in [0.4, 0.5) is 37.8 Å². The van der Waals surface area contributed by atoms with E-state index in [-0.39, 0.29) is 85.3 Å². The van der Waals surface area contributed by atoms with E-state index in [2.05, 4.69) is 42.6 Å². The van der Waals surface area contributed by atoms with Gasteiger partial charge in [-0.05, 0) is 69.4 Å². The highest BCUT2D eigenvalue weighted by molar-refractivity contribution is 6.08. The number of alkyl halides is 6. The van der Waals surface area contributed by atoms with Crippen molar-refractivity contribution in [2.75, 3.05) is 56.2 Å². The van der Waals surface area contributed by atoms with Gasteiger partial charge in [-0.1, -0.05) is 24.0 Å². The molecule has 4 aromatic heterocycles. The zero-order valence-electron chi connectivity index (χ0n) is 36.8. The van der Waals surface area contributed by atoms with Crippen LogP contribution in [0.15, 0.2) is 42.9 Å². The van der Waals surface area contributed by atoms with Crippen molar-refractivity contribution in [3.8, 4) is 11.8 Å². The molecule has 0 spiro atoms. The fourth-order valence-corrected chi connectivity index (χ4v) is 10.0. The molecule has 0 radical (unpaired) electrons. The molecule has 3 amide bonds. The van der Waals surface area contributed by atoms with Gasteiger partial charge >= 0.3 is 6.18 Å². The number of ether oxygens (including phenoxy) is 2. The van der Waals surface area contributed by atoms with E-state index in [0.29, 0.717) is 44.5 Å². The summed E-state index contributed by atoms with van der Waals surface area (Å²) >= 11 is 0. The summed E-state index contributed by atoms with van der Waals surface area (Å²) in [5.41, 5.74) is 1.26. The van der Waals surface area contributed by atoms with Crippen LogP contribution >= 0.6 is 0 Å². The zero-order chi connectivity index (χ0) is 47.3. The van der Waals surface area contributed by atoms with Crippen LogP contribution in [-0.2, 0) is 19.1 Å². The van der Waals surface area contributed by atoms with Crippen LogP contribution in [0.1, 0.15) is 110 Å². The first kappa shape index (κ1) is 45.7. The molecule has 1 aromatic carbocycles. The Morgan fingerprint density at radius 2 is 1.82 bits per heavy atom. The van der Waals surface area contributed by atoms with Gasteiger partial charge in [-0.3, -0.25) is 34.0 Å². The SMILES string of the molecule is O=C1CCC(c2nn(C3CC3)c3c(C#CCO[C@H]4CCN(C[C@H]5CC[C@H](n6cc(NC(=O)c7cnn8ccc(N9CCOC[C@H]9C(F)(F)F)nc78)c(C(F)F)n6)CC5)C[C@H]4F)cccc23)C(=O)N1. The lowest BCUT2D eigenvalue weighted by molar-refractivity contribution is -0.167. The van der Waals surface area contributed by atoms with Gasteiger partial charge in [0.05, 0.1) is 66.0 Å². The summed E-state index contributed by atoms with van der Waals surface area (Å²) in [6.07, 6.45) is 0.388. The van der Waals surface area contributed by atoms with Crippen molar-refractivity contribution in [3.63, 3.8) is 0 Å². The van der Waals surface area contributed by atoms with E-state index < -0.39 is 55.0 Å². The number of aromatic nitrogens is 7. The molecule has 7 heterocycles. The quantitative estimate of drug-likeness (QED) is 0.0868. The monoisotopic (exact) mass is 949 g/mol. The summed E-state index contributed by atoms with van der Waals surface area (Å²) in [6.45, 7) is 0.973. The molecule has 360 valence electrons. The average molecular weight is 950 g/mol. The minimum atomic E-state index is -4.59. The molecule has 16 nitrogen and oxygen atoms in total. The number of benzene rings is 1. The van der Waals surface area contributed by atoms with Crippen LogP contribution < -0.4 is 15.5 Å². The third-order valence-corrected chi connectivity index (χ3v) is 13.7. The van der Waals surface area contributed by atoms with Crippen LogP contribution in [0.5, 0.6) is 0 Å². The smallest absolute Gasteiger partial charge is 0.377 e. The van der Waals surface area contributed by atoms with Crippen LogP contribution in [0.2, 0.25) is 0 Å². The molecule has 22 heteroatoms. The average Bonchev–Trinajstić information content (AvgIpc) is 3.74. The molecule has 0 bridgehead atoms. The highest BCUT2D eigenvalue weighted by Gasteiger charge is 2.46. The van der Waals surface area contributed by atoms with Crippen molar-refractivity contribution in [2.45, 2.75) is 107 Å². The highest BCUT2D eigenvalue weighted by Crippen LogP contribution is 2.41. The second-order valence-electron chi connectivity index (χ2n) is 18.3. The van der Waals surface area contributed by atoms with Crippen LogP contribution in [0, 0.1) is 17.8 Å². The van der Waals surface area contributed by atoms with Crippen LogP contribution in [0.3, 0.4) is 0 Å². The van der Waals surface area contributed by atoms with E-state index in [1.807, 2.05) is 22.9 Å². The van der Waals surface area contributed by atoms with E-state index in [0.717, 1.165) is 47.0 Å². The topological polar surface area (TPSA) is 166 Å². The van der Waals surface area contributed by atoms with Crippen LogP contribution in [0.25, 0.3) is 16.6 Å². The predicted octanol–water partition coefficient (Wildman–Crippen LogP) is 6.30. The third-order valence-electron chi connectivity index (χ3n) is 13.7. The summed E-state index contributed by atoms with van der Waals surface area (Å²) in [5, 5.41) is 18.9. The van der Waals surface area contributed by atoms with Gasteiger partial charge in [-0.15, -0.1) is 0 Å². The number of likely N-dealkylation sites (tertiary alicyclic amines) is 1. The Morgan fingerprint density at radius 3 is 2.57 bits per heavy atom. The van der Waals surface area contributed by atoms with Gasteiger partial charge in [0.25, 0.3) is 12.3 Å². The normalized spacial score (nSPS) is 25.2. The first-order chi connectivity index (χ1) is 32.8. The molecule has 4 atom stereocenters. The van der Waals surface area contributed by atoms with Gasteiger partial charge in [0.15, 0.2) is 11.3 Å². The second kappa shape index (κ2) is 18.8. The standard InChI is InChI=1S/C46H49F6N11O5/c47-33-23-59(16-14-35(33)68-19-2-4-27-3-1-5-30-39(31-12-13-38(64)56-44(31)65)58-63(41(27)30)29-10-11-29)22-26-6-8-28(9-7-26)62-24-34(40(57-62)42(48)49)54-45(66)32-21-53-61-17-15-37(55-43(32)61)60-18-20-67-25-36(60)46(50,51)52/h1,3,5,15,17,21,24,26,28-29,31,33,35-36,42H,6-14,16,18-20,22-23,25H2,(H,54,66)(H,56,64,65)/t26-,28-,31?,33-,35+,36+/m1/s1. The molecule has 3 aliphatic heterocycles. The molecular formula is C46H49F6N11O5. The Labute approximate surface area is 385 Å². The second-order valence-corrected chi connectivity index (χ2v) is 18.3. The summed E-state index contributed by atoms with van der Waals surface area (Å²) in [6, 6.07) is 5.13. The largest absolute Gasteiger partial charge is 0.411 e. The number of morpholine rings is 1. The maximum atomic E-state index is 15.6. The van der Waals surface area contributed by atoms with E-state index in [4.69, 9.17) is 14.6 Å². The Bertz CT molecular complexity index is 2770. The molecule has 68 heavy (non-hydrogen) atoms. The number of hydrogen-bond acceptors (Lipinski definition) is 11. The van der Waals surface area contributed by atoms with E-state index in [9.17, 15) is 36.3 Å². The van der Waals surface area contributed by atoms with Gasteiger partial charge in [0.2, 0.25) is 11.8 Å². The van der Waals surface area contributed by atoms with E-state index in [1.165, 1.54) is 33.9 Å². The number of nitrogens with one attached hydrogen (secondary N) is 2. The minimum Gasteiger partial charge on any atom is -0.377 e. The van der Waals surface area contributed by atoms with Gasteiger partial charge in [0, 0.05) is 50.4 Å². The van der Waals surface area contributed by atoms with Crippen molar-refractivity contribution < 1.29 is 50.2 Å². The van der Waals surface area contributed by atoms with Crippen molar-refractivity contribution in [2.24, 2.45) is 5.92 Å². The summed E-state index contributed by atoms with van der Waals surface area (Å²) in [5.74, 6) is 4.52. The summed E-state index contributed by atoms with van der Waals surface area (Å²) in [4.78, 5) is 45.5. The van der Waals surface area contributed by atoms with Crippen molar-refractivity contribution >= 4 is 45.8 Å². The zero-order valence-corrected chi connectivity index (χ0v) is 36.8. The summed E-state index contributed by atoms with van der Waals surface area (Å²) in [7, 11) is 0. The third kappa shape index (κ3) is 9.39. The number of anilines is 2. The number of carbonyl (C=O) groups excluding carboxylic acids is 3. The number of imide groups is 1. The molecule has 3 saturated heterocycles. The molecule has 1 unspecified atom stereocenters. The molecule has 2 aliphatic carbocycles. The fraction of sp³-hybridized carbons (Fsp3) is 0.543. The number of rotatable bonds is 11. The molecule has 10 rings (SSSR count). The molecule has 2 saturated carbocycles. The Balaban J connectivity index is 0.718. The number of para-hydroxylation sites is 1. The maximum Gasteiger partial charge on any atom is 0.411 e. The number of hydrogen-bond donors (Lipinski definition) is 2. The van der Waals surface area contributed by atoms with Gasteiger partial charge in [-0.25, -0.2) is 22.7 Å². The lowest BCUT2D eigenvalue weighted by Crippen LogP contribution is -2.54. The fourth-order valence-electron chi connectivity index (χ4n) is 10.0. The molecule has 5 fully saturated rings. The number of piperidine rings is 2. The van der Waals surface area contributed by atoms with Gasteiger partial charge in [-0.2, -0.15) is 28.5 Å². The Morgan fingerprint density at radius 1 is 1.01 bits per heavy atom. The number of fused-ring (bicyclic) bond motifs is 2. The number of amides is 3. The van der Waals surface area contributed by atoms with Crippen molar-refractivity contribution in [1.29, 1.82) is 0 Å². The first-order valence-corrected chi connectivity index (χ1v) is 23.0. The highest BCUT2D eigenvalue weighted by atomic mass is 19.4. The molecular weight excluding hydrogens is 901 g/mol. The minimum absolute atomic E-state index is 0.0376. The molecule has 5 aliphatic rings. The lowest BCUT2D eigenvalue weighted by Gasteiger charge is -2.38. The summed E-state index contributed by atoms with van der Waals surface area (Å²) < 4.78 is 101. The van der Waals surface area contributed by atoms with Gasteiger partial charge in [0.1, 0.15) is 30.2 Å². The van der Waals surface area contributed by atoms with Gasteiger partial charge < -0.3 is 19.7 Å². The predicted molar refractivity (Wildman–Crippen MR) is 233 cm³/mol. The van der Waals surface area contributed by atoms with E-state index >= 15 is 4.39 Å². The van der Waals surface area contributed by atoms with E-state index in [1.54, 1.807) is 0 Å². The van der Waals surface area contributed by atoms with Crippen molar-refractivity contribution in [3.05, 3.63) is 65.4 Å². The number of nitrogens with zero attached hydrogens (tertiary/aromatic N) is 9.